The van der Waals surface area contributed by atoms with Gasteiger partial charge in [-0.2, -0.15) is 0 Å². The maximum atomic E-state index is 12.1. The molecule has 1 N–H and O–H groups in total. The minimum absolute atomic E-state index is 0.103. The normalized spacial score (nSPS) is 19.0. The number of carbonyl (C=O) groups excluding carboxylic acids is 1. The van der Waals surface area contributed by atoms with Gasteiger partial charge in [0.2, 0.25) is 5.91 Å². The van der Waals surface area contributed by atoms with Gasteiger partial charge in [-0.15, -0.1) is 11.6 Å². The average molecular weight is 309 g/mol. The van der Waals surface area contributed by atoms with Crippen LogP contribution in [0.1, 0.15) is 37.1 Å². The molecule has 0 saturated carbocycles. The van der Waals surface area contributed by atoms with Gasteiger partial charge in [-0.25, -0.2) is 0 Å². The van der Waals surface area contributed by atoms with E-state index in [0.717, 1.165) is 12.1 Å². The molecular weight excluding hydrogens is 284 g/mol. The standard InChI is InChI=1S/C17H25ClN2O/c1-14(13-20-10-6-3-7-11-20)12-19-17(21)16(18)15-8-4-2-5-9-15/h2,4-5,8-9,14,16H,3,6-7,10-13H2,1H3,(H,19,21). The van der Waals surface area contributed by atoms with Gasteiger partial charge in [0.05, 0.1) is 0 Å². The molecule has 1 heterocycles. The third kappa shape index (κ3) is 5.33. The number of rotatable bonds is 6. The zero-order valence-electron chi connectivity index (χ0n) is 12.7. The third-order valence-electron chi connectivity index (χ3n) is 3.97. The molecule has 0 aliphatic carbocycles. The number of nitrogens with zero attached hydrogens (tertiary/aromatic N) is 1. The Morgan fingerprint density at radius 3 is 2.57 bits per heavy atom. The number of nitrogens with one attached hydrogen (secondary N) is 1. The van der Waals surface area contributed by atoms with Gasteiger partial charge in [-0.3, -0.25) is 4.79 Å². The number of likely N-dealkylation sites (tertiary alicyclic amines) is 1. The highest BCUT2D eigenvalue weighted by Crippen LogP contribution is 2.20. The minimum atomic E-state index is -0.603. The topological polar surface area (TPSA) is 32.3 Å². The summed E-state index contributed by atoms with van der Waals surface area (Å²) in [5, 5.41) is 2.37. The van der Waals surface area contributed by atoms with E-state index in [2.05, 4.69) is 17.1 Å². The lowest BCUT2D eigenvalue weighted by atomic mass is 10.1. The number of benzene rings is 1. The van der Waals surface area contributed by atoms with Crippen molar-refractivity contribution in [3.8, 4) is 0 Å². The lowest BCUT2D eigenvalue weighted by molar-refractivity contribution is -0.121. The summed E-state index contributed by atoms with van der Waals surface area (Å²) in [5.41, 5.74) is 0.848. The molecule has 2 unspecified atom stereocenters. The second-order valence-electron chi connectivity index (χ2n) is 5.98. The van der Waals surface area contributed by atoms with Gasteiger partial charge in [0.15, 0.2) is 0 Å². The molecule has 3 nitrogen and oxygen atoms in total. The number of hydrogen-bond acceptors (Lipinski definition) is 2. The summed E-state index contributed by atoms with van der Waals surface area (Å²) in [4.78, 5) is 14.6. The summed E-state index contributed by atoms with van der Waals surface area (Å²) in [6, 6.07) is 9.49. The first-order valence-electron chi connectivity index (χ1n) is 7.86. The molecule has 1 aliphatic heterocycles. The van der Waals surface area contributed by atoms with Gasteiger partial charge in [0.1, 0.15) is 5.38 Å². The van der Waals surface area contributed by atoms with Crippen LogP contribution in [0.2, 0.25) is 0 Å². The highest BCUT2D eigenvalue weighted by Gasteiger charge is 2.19. The molecule has 1 aromatic carbocycles. The average Bonchev–Trinajstić information content (AvgIpc) is 2.53. The summed E-state index contributed by atoms with van der Waals surface area (Å²) in [6.07, 6.45) is 3.96. The quantitative estimate of drug-likeness (QED) is 0.819. The number of alkyl halides is 1. The molecule has 2 atom stereocenters. The van der Waals surface area contributed by atoms with Gasteiger partial charge >= 0.3 is 0 Å². The molecule has 0 spiro atoms. The zero-order valence-corrected chi connectivity index (χ0v) is 13.5. The van der Waals surface area contributed by atoms with E-state index >= 15 is 0 Å². The molecule has 21 heavy (non-hydrogen) atoms. The monoisotopic (exact) mass is 308 g/mol. The number of amides is 1. The zero-order chi connectivity index (χ0) is 15.1. The smallest absolute Gasteiger partial charge is 0.242 e. The van der Waals surface area contributed by atoms with Crippen molar-refractivity contribution in [2.45, 2.75) is 31.6 Å². The van der Waals surface area contributed by atoms with Gasteiger partial charge in [-0.1, -0.05) is 43.7 Å². The van der Waals surface area contributed by atoms with Gasteiger partial charge in [0, 0.05) is 13.1 Å². The Bertz CT molecular complexity index is 432. The maximum Gasteiger partial charge on any atom is 0.242 e. The van der Waals surface area contributed by atoms with Crippen molar-refractivity contribution in [1.29, 1.82) is 0 Å². The summed E-state index contributed by atoms with van der Waals surface area (Å²) < 4.78 is 0. The van der Waals surface area contributed by atoms with Gasteiger partial charge in [-0.05, 0) is 37.4 Å². The predicted octanol–water partition coefficient (Wildman–Crippen LogP) is 3.20. The molecule has 1 fully saturated rings. The van der Waals surface area contributed by atoms with Crippen molar-refractivity contribution in [3.05, 3.63) is 35.9 Å². The lowest BCUT2D eigenvalue weighted by Crippen LogP contribution is -2.38. The van der Waals surface area contributed by atoms with Crippen LogP contribution in [-0.4, -0.2) is 37.0 Å². The van der Waals surface area contributed by atoms with Crippen molar-refractivity contribution in [1.82, 2.24) is 10.2 Å². The predicted molar refractivity (Wildman–Crippen MR) is 87.5 cm³/mol. The Labute approximate surface area is 132 Å². The number of carbonyl (C=O) groups is 1. The SMILES string of the molecule is CC(CNC(=O)C(Cl)c1ccccc1)CN1CCCCC1. The second-order valence-corrected chi connectivity index (χ2v) is 6.42. The van der Waals surface area contributed by atoms with Crippen LogP contribution in [0.15, 0.2) is 30.3 Å². The summed E-state index contributed by atoms with van der Waals surface area (Å²) >= 11 is 6.21. The van der Waals surface area contributed by atoms with Crippen molar-refractivity contribution in [2.24, 2.45) is 5.92 Å². The number of hydrogen-bond donors (Lipinski definition) is 1. The summed E-state index contributed by atoms with van der Waals surface area (Å²) in [5.74, 6) is 0.347. The minimum Gasteiger partial charge on any atom is -0.354 e. The third-order valence-corrected chi connectivity index (χ3v) is 4.42. The van der Waals surface area contributed by atoms with E-state index in [4.69, 9.17) is 11.6 Å². The highest BCUT2D eigenvalue weighted by molar-refractivity contribution is 6.30. The van der Waals surface area contributed by atoms with E-state index in [1.54, 1.807) is 0 Å². The Balaban J connectivity index is 1.72. The van der Waals surface area contributed by atoms with E-state index in [-0.39, 0.29) is 5.91 Å². The van der Waals surface area contributed by atoms with Gasteiger partial charge in [0.25, 0.3) is 0 Å². The van der Waals surface area contributed by atoms with Crippen molar-refractivity contribution >= 4 is 17.5 Å². The van der Waals surface area contributed by atoms with Gasteiger partial charge < -0.3 is 10.2 Å². The largest absolute Gasteiger partial charge is 0.354 e. The van der Waals surface area contributed by atoms with Crippen LogP contribution in [0.25, 0.3) is 0 Å². The second kappa shape index (κ2) is 8.40. The molecule has 2 rings (SSSR count). The van der Waals surface area contributed by atoms with Crippen LogP contribution in [0.4, 0.5) is 0 Å². The molecular formula is C17H25ClN2O. The van der Waals surface area contributed by atoms with Crippen LogP contribution in [0, 0.1) is 5.92 Å². The number of halogens is 1. The fourth-order valence-corrected chi connectivity index (χ4v) is 3.01. The lowest BCUT2D eigenvalue weighted by Gasteiger charge is -2.29. The Morgan fingerprint density at radius 1 is 1.24 bits per heavy atom. The summed E-state index contributed by atoms with van der Waals surface area (Å²) in [6.45, 7) is 6.31. The van der Waals surface area contributed by atoms with E-state index in [1.807, 2.05) is 30.3 Å². The molecule has 1 saturated heterocycles. The van der Waals surface area contributed by atoms with Crippen molar-refractivity contribution in [3.63, 3.8) is 0 Å². The van der Waals surface area contributed by atoms with Crippen LogP contribution in [0.5, 0.6) is 0 Å². The van der Waals surface area contributed by atoms with Crippen LogP contribution in [-0.2, 0) is 4.79 Å². The molecule has 116 valence electrons. The Morgan fingerprint density at radius 2 is 1.90 bits per heavy atom. The molecule has 4 heteroatoms. The molecule has 0 aromatic heterocycles. The number of piperidine rings is 1. The van der Waals surface area contributed by atoms with Crippen LogP contribution < -0.4 is 5.32 Å². The fraction of sp³-hybridized carbons (Fsp3) is 0.588. The van der Waals surface area contributed by atoms with E-state index < -0.39 is 5.38 Å². The Hall–Kier alpha value is -1.06. The fourth-order valence-electron chi connectivity index (χ4n) is 2.79. The van der Waals surface area contributed by atoms with E-state index in [1.165, 1.54) is 32.4 Å². The van der Waals surface area contributed by atoms with E-state index in [0.29, 0.717) is 12.5 Å². The van der Waals surface area contributed by atoms with Crippen molar-refractivity contribution in [2.75, 3.05) is 26.2 Å². The first-order chi connectivity index (χ1) is 10.2. The highest BCUT2D eigenvalue weighted by atomic mass is 35.5. The van der Waals surface area contributed by atoms with Crippen molar-refractivity contribution < 1.29 is 4.79 Å². The van der Waals surface area contributed by atoms with Crippen LogP contribution in [0.3, 0.4) is 0 Å². The summed E-state index contributed by atoms with van der Waals surface area (Å²) in [7, 11) is 0. The maximum absolute atomic E-state index is 12.1. The molecule has 1 amide bonds. The molecule has 0 bridgehead atoms. The van der Waals surface area contributed by atoms with Crippen LogP contribution >= 0.6 is 11.6 Å². The molecule has 0 radical (unpaired) electrons. The molecule has 1 aromatic rings. The molecule has 1 aliphatic rings. The Kier molecular flexibility index (Phi) is 6.52. The van der Waals surface area contributed by atoms with E-state index in [9.17, 15) is 4.79 Å². The first-order valence-corrected chi connectivity index (χ1v) is 8.29. The first kappa shape index (κ1) is 16.3.